The molecule has 0 saturated carbocycles. The normalized spacial score (nSPS) is 30.2. The van der Waals surface area contributed by atoms with Crippen LogP contribution in [0.15, 0.2) is 11.6 Å². The van der Waals surface area contributed by atoms with Crippen LogP contribution in [0, 0.1) is 5.41 Å². The molecule has 70 valence electrons. The highest BCUT2D eigenvalue weighted by Gasteiger charge is 2.37. The fourth-order valence-corrected chi connectivity index (χ4v) is 1.65. The van der Waals surface area contributed by atoms with E-state index >= 15 is 0 Å². The first kappa shape index (κ1) is 10.0. The number of aliphatic hydroxyl groups is 1. The summed E-state index contributed by atoms with van der Waals surface area (Å²) in [6, 6.07) is 0. The van der Waals surface area contributed by atoms with E-state index in [-0.39, 0.29) is 11.5 Å². The van der Waals surface area contributed by atoms with E-state index < -0.39 is 0 Å². The van der Waals surface area contributed by atoms with E-state index in [1.54, 1.807) is 0 Å². The number of hydrogen-bond acceptors (Lipinski definition) is 2. The molecule has 1 unspecified atom stereocenters. The van der Waals surface area contributed by atoms with E-state index in [2.05, 4.69) is 18.7 Å². The van der Waals surface area contributed by atoms with Crippen LogP contribution in [0.25, 0.3) is 0 Å². The lowest BCUT2D eigenvalue weighted by Gasteiger charge is -2.20. The molecule has 1 saturated heterocycles. The van der Waals surface area contributed by atoms with Crippen molar-refractivity contribution in [3.05, 3.63) is 11.6 Å². The minimum absolute atomic E-state index is 0.0279. The van der Waals surface area contributed by atoms with E-state index in [4.69, 9.17) is 11.6 Å². The molecule has 1 atom stereocenters. The van der Waals surface area contributed by atoms with Crippen LogP contribution in [0.5, 0.6) is 0 Å². The van der Waals surface area contributed by atoms with Crippen molar-refractivity contribution < 1.29 is 5.11 Å². The summed E-state index contributed by atoms with van der Waals surface area (Å²) in [7, 11) is 0. The van der Waals surface area contributed by atoms with E-state index in [0.29, 0.717) is 0 Å². The Bertz CT molecular complexity index is 179. The van der Waals surface area contributed by atoms with Crippen molar-refractivity contribution in [3.8, 4) is 0 Å². The highest BCUT2D eigenvalue weighted by atomic mass is 35.5. The predicted molar refractivity (Wildman–Crippen MR) is 51.2 cm³/mol. The van der Waals surface area contributed by atoms with Crippen LogP contribution >= 0.6 is 11.6 Å². The van der Waals surface area contributed by atoms with Crippen molar-refractivity contribution in [1.82, 2.24) is 4.90 Å². The molecule has 0 aliphatic carbocycles. The van der Waals surface area contributed by atoms with E-state index in [9.17, 15) is 5.11 Å². The number of β-amino-alcohol motifs (C(OH)–C–C–N with tert-alkyl or cyclic N) is 1. The molecule has 3 heteroatoms. The second kappa shape index (κ2) is 3.77. The van der Waals surface area contributed by atoms with Gasteiger partial charge < -0.3 is 5.11 Å². The molecule has 0 aromatic rings. The molecule has 12 heavy (non-hydrogen) atoms. The van der Waals surface area contributed by atoms with Gasteiger partial charge in [0.2, 0.25) is 0 Å². The van der Waals surface area contributed by atoms with Gasteiger partial charge in [0.15, 0.2) is 0 Å². The maximum atomic E-state index is 9.63. The zero-order valence-electron chi connectivity index (χ0n) is 7.63. The first-order chi connectivity index (χ1) is 5.56. The largest absolute Gasteiger partial charge is 0.391 e. The number of likely N-dealkylation sites (tertiary alicyclic amines) is 1. The van der Waals surface area contributed by atoms with E-state index in [1.807, 2.05) is 6.08 Å². The van der Waals surface area contributed by atoms with Gasteiger partial charge >= 0.3 is 0 Å². The summed E-state index contributed by atoms with van der Waals surface area (Å²) < 4.78 is 0. The van der Waals surface area contributed by atoms with Crippen LogP contribution in [0.4, 0.5) is 0 Å². The molecule has 1 aliphatic heterocycles. The fourth-order valence-electron chi connectivity index (χ4n) is 1.57. The molecule has 1 heterocycles. The van der Waals surface area contributed by atoms with E-state index in [0.717, 1.165) is 19.6 Å². The average molecular weight is 190 g/mol. The number of rotatable bonds is 2. The number of nitrogens with zero attached hydrogens (tertiary/aromatic N) is 1. The molecule has 0 aromatic heterocycles. The van der Waals surface area contributed by atoms with Gasteiger partial charge in [-0.1, -0.05) is 31.5 Å². The minimum Gasteiger partial charge on any atom is -0.391 e. The minimum atomic E-state index is -0.207. The highest BCUT2D eigenvalue weighted by Crippen LogP contribution is 2.28. The van der Waals surface area contributed by atoms with Crippen LogP contribution in [0.2, 0.25) is 0 Å². The zero-order valence-corrected chi connectivity index (χ0v) is 8.38. The summed E-state index contributed by atoms with van der Waals surface area (Å²) in [4.78, 5) is 2.20. The van der Waals surface area contributed by atoms with Crippen LogP contribution < -0.4 is 0 Å². The van der Waals surface area contributed by atoms with E-state index in [1.165, 1.54) is 5.54 Å². The Morgan fingerprint density at radius 1 is 1.67 bits per heavy atom. The summed E-state index contributed by atoms with van der Waals surface area (Å²) in [5.41, 5.74) is 1.55. The summed E-state index contributed by atoms with van der Waals surface area (Å²) in [6.45, 7) is 6.71. The summed E-state index contributed by atoms with van der Waals surface area (Å²) in [5, 5.41) is 9.63. The Kier molecular flexibility index (Phi) is 3.16. The van der Waals surface area contributed by atoms with Gasteiger partial charge in [0.05, 0.1) is 6.10 Å². The van der Waals surface area contributed by atoms with Gasteiger partial charge in [-0.05, 0) is 0 Å². The molecule has 1 N–H and O–H groups in total. The smallest absolute Gasteiger partial charge is 0.0730 e. The van der Waals surface area contributed by atoms with Gasteiger partial charge in [-0.3, -0.25) is 4.90 Å². The van der Waals surface area contributed by atoms with Crippen molar-refractivity contribution in [2.45, 2.75) is 20.0 Å². The Hall–Kier alpha value is -0.0500. The molecule has 1 aliphatic rings. The number of aliphatic hydroxyl groups excluding tert-OH is 1. The standard InChI is InChI=1S/C9H16ClNO/c1-9(2)7-11(5-3-4-10)6-8(9)12/h3-4,8,12H,5-7H2,1-2H3/b4-3+. The third kappa shape index (κ3) is 2.22. The maximum absolute atomic E-state index is 9.63. The molecule has 2 nitrogen and oxygen atoms in total. The average Bonchev–Trinajstić information content (AvgIpc) is 2.22. The molecule has 0 bridgehead atoms. The van der Waals surface area contributed by atoms with Crippen LogP contribution in [0.1, 0.15) is 13.8 Å². The topological polar surface area (TPSA) is 23.5 Å². The lowest BCUT2D eigenvalue weighted by molar-refractivity contribution is 0.0956. The molecular weight excluding hydrogens is 174 g/mol. The quantitative estimate of drug-likeness (QED) is 0.711. The number of hydrogen-bond donors (Lipinski definition) is 1. The molecule has 0 amide bonds. The van der Waals surface area contributed by atoms with Gasteiger partial charge in [0.1, 0.15) is 0 Å². The number of halogens is 1. The summed E-state index contributed by atoms with van der Waals surface area (Å²) in [5.74, 6) is 0. The summed E-state index contributed by atoms with van der Waals surface area (Å²) >= 11 is 5.42. The van der Waals surface area contributed by atoms with Gasteiger partial charge in [0.25, 0.3) is 0 Å². The molecule has 0 spiro atoms. The monoisotopic (exact) mass is 189 g/mol. The van der Waals surface area contributed by atoms with Crippen molar-refractivity contribution in [3.63, 3.8) is 0 Å². The molecule has 0 aromatic carbocycles. The third-order valence-corrected chi connectivity index (χ3v) is 2.60. The van der Waals surface area contributed by atoms with Crippen LogP contribution in [-0.2, 0) is 0 Å². The first-order valence-corrected chi connectivity index (χ1v) is 4.65. The Morgan fingerprint density at radius 2 is 2.33 bits per heavy atom. The Morgan fingerprint density at radius 3 is 2.75 bits per heavy atom. The van der Waals surface area contributed by atoms with Crippen molar-refractivity contribution in [2.75, 3.05) is 19.6 Å². The SMILES string of the molecule is CC1(C)CN(C/C=C/Cl)CC1O. The maximum Gasteiger partial charge on any atom is 0.0730 e. The molecule has 1 rings (SSSR count). The van der Waals surface area contributed by atoms with Gasteiger partial charge in [-0.25, -0.2) is 0 Å². The van der Waals surface area contributed by atoms with Crippen molar-refractivity contribution >= 4 is 11.6 Å². The lowest BCUT2D eigenvalue weighted by atomic mass is 9.90. The first-order valence-electron chi connectivity index (χ1n) is 4.22. The van der Waals surface area contributed by atoms with Gasteiger partial charge in [0, 0.05) is 30.6 Å². The Balaban J connectivity index is 2.44. The third-order valence-electron chi connectivity index (χ3n) is 2.42. The van der Waals surface area contributed by atoms with Crippen molar-refractivity contribution in [1.29, 1.82) is 0 Å². The highest BCUT2D eigenvalue weighted by molar-refractivity contribution is 6.25. The predicted octanol–water partition coefficient (Wildman–Crippen LogP) is 1.44. The van der Waals surface area contributed by atoms with Crippen LogP contribution in [-0.4, -0.2) is 35.7 Å². The summed E-state index contributed by atoms with van der Waals surface area (Å²) in [6.07, 6.45) is 1.69. The Labute approximate surface area is 78.8 Å². The van der Waals surface area contributed by atoms with Gasteiger partial charge in [-0.15, -0.1) is 0 Å². The lowest BCUT2D eigenvalue weighted by Crippen LogP contribution is -2.26. The second-order valence-electron chi connectivity index (χ2n) is 4.06. The molecular formula is C9H16ClNO. The van der Waals surface area contributed by atoms with Crippen molar-refractivity contribution in [2.24, 2.45) is 5.41 Å². The molecule has 1 fully saturated rings. The van der Waals surface area contributed by atoms with Crippen LogP contribution in [0.3, 0.4) is 0 Å². The fraction of sp³-hybridized carbons (Fsp3) is 0.778. The second-order valence-corrected chi connectivity index (χ2v) is 4.31. The zero-order chi connectivity index (χ0) is 9.19. The van der Waals surface area contributed by atoms with Gasteiger partial charge in [-0.2, -0.15) is 0 Å². The molecule has 0 radical (unpaired) electrons.